The van der Waals surface area contributed by atoms with E-state index >= 15 is 0 Å². The van der Waals surface area contributed by atoms with Gasteiger partial charge in [0.25, 0.3) is 0 Å². The molecule has 1 atom stereocenters. The van der Waals surface area contributed by atoms with Crippen molar-refractivity contribution in [3.63, 3.8) is 0 Å². The van der Waals surface area contributed by atoms with Crippen LogP contribution < -0.4 is 5.32 Å². The topological polar surface area (TPSA) is 99.7 Å². The summed E-state index contributed by atoms with van der Waals surface area (Å²) < 4.78 is 23.5. The Hall–Kier alpha value is -2.00. The highest BCUT2D eigenvalue weighted by Gasteiger charge is 2.36. The number of aryl methyl sites for hydroxylation is 1. The first-order valence-corrected chi connectivity index (χ1v) is 9.90. The number of rotatable bonds is 5. The van der Waals surface area contributed by atoms with Gasteiger partial charge in [0.15, 0.2) is 9.84 Å². The fourth-order valence-electron chi connectivity index (χ4n) is 2.68. The van der Waals surface area contributed by atoms with Crippen LogP contribution in [-0.2, 0) is 19.4 Å². The molecule has 1 aromatic rings. The Morgan fingerprint density at radius 1 is 1.32 bits per heavy atom. The van der Waals surface area contributed by atoms with Crippen molar-refractivity contribution in [2.45, 2.75) is 19.4 Å². The molecule has 2 rings (SSSR count). The molecule has 1 fully saturated rings. The second-order valence-electron chi connectivity index (χ2n) is 6.53. The molecule has 1 aliphatic heterocycles. The van der Waals surface area contributed by atoms with Crippen LogP contribution in [0.2, 0.25) is 0 Å². The summed E-state index contributed by atoms with van der Waals surface area (Å²) in [5.74, 6) is -1.29. The SMILES string of the molecule is Cc1ccnc(NC(=O)C(=O)N(CCN(C)C)C2CCS(=O)(=O)C2)c1. The number of aromatic nitrogens is 1. The average molecular weight is 368 g/mol. The minimum Gasteiger partial charge on any atom is -0.329 e. The van der Waals surface area contributed by atoms with Crippen molar-refractivity contribution in [3.8, 4) is 0 Å². The van der Waals surface area contributed by atoms with Crippen LogP contribution in [0.3, 0.4) is 0 Å². The van der Waals surface area contributed by atoms with Gasteiger partial charge in [-0.1, -0.05) is 0 Å². The molecule has 0 spiro atoms. The van der Waals surface area contributed by atoms with Gasteiger partial charge in [-0.15, -0.1) is 0 Å². The van der Waals surface area contributed by atoms with Gasteiger partial charge in [0, 0.05) is 25.3 Å². The van der Waals surface area contributed by atoms with E-state index < -0.39 is 27.7 Å². The molecule has 2 amide bonds. The minimum atomic E-state index is -3.15. The van der Waals surface area contributed by atoms with Crippen molar-refractivity contribution in [2.75, 3.05) is 44.0 Å². The van der Waals surface area contributed by atoms with Crippen LogP contribution in [-0.4, -0.2) is 79.7 Å². The Morgan fingerprint density at radius 2 is 2.04 bits per heavy atom. The zero-order valence-corrected chi connectivity index (χ0v) is 15.5. The van der Waals surface area contributed by atoms with Crippen LogP contribution in [0.1, 0.15) is 12.0 Å². The summed E-state index contributed by atoms with van der Waals surface area (Å²) in [5, 5.41) is 2.49. The zero-order chi connectivity index (χ0) is 18.6. The van der Waals surface area contributed by atoms with Gasteiger partial charge in [-0.3, -0.25) is 9.59 Å². The van der Waals surface area contributed by atoms with E-state index in [0.29, 0.717) is 25.3 Å². The molecule has 1 saturated heterocycles. The Balaban J connectivity index is 2.12. The number of nitrogens with one attached hydrogen (secondary N) is 1. The number of carbonyl (C=O) groups is 2. The Bertz CT molecular complexity index is 748. The van der Waals surface area contributed by atoms with Gasteiger partial charge in [0.1, 0.15) is 5.82 Å². The summed E-state index contributed by atoms with van der Waals surface area (Å²) >= 11 is 0. The number of amides is 2. The lowest BCUT2D eigenvalue weighted by Gasteiger charge is -2.28. The van der Waals surface area contributed by atoms with Gasteiger partial charge in [0.05, 0.1) is 11.5 Å². The second kappa shape index (κ2) is 7.92. The van der Waals surface area contributed by atoms with Crippen molar-refractivity contribution < 1.29 is 18.0 Å². The highest BCUT2D eigenvalue weighted by Crippen LogP contribution is 2.18. The first kappa shape index (κ1) is 19.3. The molecule has 9 heteroatoms. The number of anilines is 1. The Morgan fingerprint density at radius 3 is 2.60 bits per heavy atom. The lowest BCUT2D eigenvalue weighted by atomic mass is 10.2. The number of sulfone groups is 1. The smallest absolute Gasteiger partial charge is 0.315 e. The molecule has 138 valence electrons. The molecule has 8 nitrogen and oxygen atoms in total. The monoisotopic (exact) mass is 368 g/mol. The standard InChI is InChI=1S/C16H24N4O4S/c1-12-4-6-17-14(10-12)18-15(21)16(22)20(8-7-19(2)3)13-5-9-25(23,24)11-13/h4,6,10,13H,5,7-9,11H2,1-3H3,(H,17,18,21). The third-order valence-corrected chi connectivity index (χ3v) is 5.80. The molecule has 0 bridgehead atoms. The molecule has 0 aromatic carbocycles. The van der Waals surface area contributed by atoms with E-state index in [0.717, 1.165) is 5.56 Å². The van der Waals surface area contributed by atoms with Crippen LogP contribution in [0.4, 0.5) is 5.82 Å². The molecule has 1 aromatic heterocycles. The number of hydrogen-bond donors (Lipinski definition) is 1. The van der Waals surface area contributed by atoms with Crippen molar-refractivity contribution >= 4 is 27.5 Å². The van der Waals surface area contributed by atoms with Gasteiger partial charge in [-0.05, 0) is 45.1 Å². The van der Waals surface area contributed by atoms with Crippen molar-refractivity contribution in [1.82, 2.24) is 14.8 Å². The molecule has 25 heavy (non-hydrogen) atoms. The van der Waals surface area contributed by atoms with E-state index in [2.05, 4.69) is 10.3 Å². The zero-order valence-electron chi connectivity index (χ0n) is 14.7. The highest BCUT2D eigenvalue weighted by atomic mass is 32.2. The summed E-state index contributed by atoms with van der Waals surface area (Å²) in [6.07, 6.45) is 1.90. The maximum Gasteiger partial charge on any atom is 0.315 e. The van der Waals surface area contributed by atoms with Crippen LogP contribution in [0.5, 0.6) is 0 Å². The van der Waals surface area contributed by atoms with Crippen LogP contribution in [0.25, 0.3) is 0 Å². The van der Waals surface area contributed by atoms with E-state index in [1.54, 1.807) is 18.3 Å². The normalized spacial score (nSPS) is 19.0. The average Bonchev–Trinajstić information content (AvgIpc) is 2.87. The minimum absolute atomic E-state index is 0.0461. The maximum absolute atomic E-state index is 12.6. The second-order valence-corrected chi connectivity index (χ2v) is 8.76. The van der Waals surface area contributed by atoms with E-state index in [4.69, 9.17) is 0 Å². The summed E-state index contributed by atoms with van der Waals surface area (Å²) in [7, 11) is 0.550. The fourth-order valence-corrected chi connectivity index (χ4v) is 4.41. The molecule has 1 N–H and O–H groups in total. The predicted molar refractivity (Wildman–Crippen MR) is 94.9 cm³/mol. The summed E-state index contributed by atoms with van der Waals surface area (Å²) in [5.41, 5.74) is 0.907. The van der Waals surface area contributed by atoms with Gasteiger partial charge in [-0.2, -0.15) is 0 Å². The Kier molecular flexibility index (Phi) is 6.12. The predicted octanol–water partition coefficient (Wildman–Crippen LogP) is -0.0942. The van der Waals surface area contributed by atoms with Gasteiger partial charge < -0.3 is 15.1 Å². The molecule has 0 radical (unpaired) electrons. The molecule has 0 aliphatic carbocycles. The highest BCUT2D eigenvalue weighted by molar-refractivity contribution is 7.91. The fraction of sp³-hybridized carbons (Fsp3) is 0.562. The van der Waals surface area contributed by atoms with Gasteiger partial charge in [0.2, 0.25) is 0 Å². The van der Waals surface area contributed by atoms with E-state index in [1.165, 1.54) is 4.90 Å². The van der Waals surface area contributed by atoms with Crippen molar-refractivity contribution in [3.05, 3.63) is 23.9 Å². The van der Waals surface area contributed by atoms with E-state index in [9.17, 15) is 18.0 Å². The molecule has 2 heterocycles. The molecule has 1 unspecified atom stereocenters. The first-order chi connectivity index (χ1) is 11.7. The lowest BCUT2D eigenvalue weighted by molar-refractivity contribution is -0.144. The summed E-state index contributed by atoms with van der Waals surface area (Å²) in [6, 6.07) is 2.98. The number of hydrogen-bond acceptors (Lipinski definition) is 6. The number of carbonyl (C=O) groups excluding carboxylic acids is 2. The molecule has 0 saturated carbocycles. The molecule has 1 aliphatic rings. The van der Waals surface area contributed by atoms with Crippen molar-refractivity contribution in [1.29, 1.82) is 0 Å². The van der Waals surface area contributed by atoms with Crippen LogP contribution >= 0.6 is 0 Å². The van der Waals surface area contributed by atoms with Crippen LogP contribution in [0.15, 0.2) is 18.3 Å². The number of likely N-dealkylation sites (N-methyl/N-ethyl adjacent to an activating group) is 1. The first-order valence-electron chi connectivity index (χ1n) is 8.08. The summed E-state index contributed by atoms with van der Waals surface area (Å²) in [4.78, 5) is 32.2. The number of pyridine rings is 1. The largest absolute Gasteiger partial charge is 0.329 e. The number of nitrogens with zero attached hydrogens (tertiary/aromatic N) is 3. The molecular weight excluding hydrogens is 344 g/mol. The Labute approximate surface area is 148 Å². The van der Waals surface area contributed by atoms with Crippen LogP contribution in [0, 0.1) is 6.92 Å². The third kappa shape index (κ3) is 5.50. The maximum atomic E-state index is 12.6. The summed E-state index contributed by atoms with van der Waals surface area (Å²) in [6.45, 7) is 2.69. The van der Waals surface area contributed by atoms with E-state index in [1.807, 2.05) is 25.9 Å². The van der Waals surface area contributed by atoms with E-state index in [-0.39, 0.29) is 11.5 Å². The van der Waals surface area contributed by atoms with Crippen molar-refractivity contribution in [2.24, 2.45) is 0 Å². The van der Waals surface area contributed by atoms with Gasteiger partial charge in [-0.25, -0.2) is 13.4 Å². The third-order valence-electron chi connectivity index (χ3n) is 4.05. The van der Waals surface area contributed by atoms with Gasteiger partial charge >= 0.3 is 11.8 Å². The quantitative estimate of drug-likeness (QED) is 0.729. The molecular formula is C16H24N4O4S. The lowest BCUT2D eigenvalue weighted by Crippen LogP contribution is -2.49.